The fraction of sp³-hybridized carbons (Fsp3) is 0.208. The van der Waals surface area contributed by atoms with Crippen LogP contribution in [0.3, 0.4) is 0 Å². The Morgan fingerprint density at radius 1 is 1.00 bits per heavy atom. The van der Waals surface area contributed by atoms with Crippen LogP contribution >= 0.6 is 11.6 Å². The van der Waals surface area contributed by atoms with Crippen molar-refractivity contribution in [3.05, 3.63) is 94.4 Å². The second-order valence-corrected chi connectivity index (χ2v) is 7.80. The zero-order valence-electron chi connectivity index (χ0n) is 17.4. The highest BCUT2D eigenvalue weighted by atomic mass is 35.5. The van der Waals surface area contributed by atoms with E-state index in [1.165, 1.54) is 12.1 Å². The molecule has 5 nitrogen and oxygen atoms in total. The van der Waals surface area contributed by atoms with E-state index in [0.717, 1.165) is 52.7 Å². The SMILES string of the molecule is Cc1cc(C)nc(CCNCc2cn(-c3ccc(F)cc3)nc2-c2ccccc2Cl)n1. The molecule has 0 unspecified atom stereocenters. The van der Waals surface area contributed by atoms with Crippen molar-refractivity contribution in [1.29, 1.82) is 0 Å². The summed E-state index contributed by atoms with van der Waals surface area (Å²) in [6.45, 7) is 5.29. The molecule has 4 aromatic rings. The average molecular weight is 436 g/mol. The van der Waals surface area contributed by atoms with Gasteiger partial charge in [-0.1, -0.05) is 29.8 Å². The summed E-state index contributed by atoms with van der Waals surface area (Å²) >= 11 is 6.44. The molecule has 0 saturated carbocycles. The molecule has 7 heteroatoms. The van der Waals surface area contributed by atoms with Gasteiger partial charge in [0.2, 0.25) is 0 Å². The number of rotatable bonds is 7. The van der Waals surface area contributed by atoms with Gasteiger partial charge in [-0.15, -0.1) is 0 Å². The third kappa shape index (κ3) is 5.16. The van der Waals surface area contributed by atoms with E-state index in [-0.39, 0.29) is 5.82 Å². The van der Waals surface area contributed by atoms with Crippen molar-refractivity contribution in [2.45, 2.75) is 26.8 Å². The lowest BCUT2D eigenvalue weighted by atomic mass is 10.1. The van der Waals surface area contributed by atoms with Gasteiger partial charge in [0.1, 0.15) is 11.6 Å². The second-order valence-electron chi connectivity index (χ2n) is 7.40. The van der Waals surface area contributed by atoms with Crippen molar-refractivity contribution < 1.29 is 4.39 Å². The van der Waals surface area contributed by atoms with Crippen molar-refractivity contribution in [3.8, 4) is 16.9 Å². The molecule has 0 aliphatic carbocycles. The van der Waals surface area contributed by atoms with E-state index in [9.17, 15) is 4.39 Å². The van der Waals surface area contributed by atoms with Crippen molar-refractivity contribution >= 4 is 11.6 Å². The van der Waals surface area contributed by atoms with Crippen molar-refractivity contribution in [3.63, 3.8) is 0 Å². The maximum atomic E-state index is 13.3. The Hall–Kier alpha value is -3.09. The zero-order chi connectivity index (χ0) is 21.8. The Balaban J connectivity index is 1.55. The molecule has 0 aliphatic heterocycles. The molecule has 1 N–H and O–H groups in total. The van der Waals surface area contributed by atoms with Gasteiger partial charge in [0.25, 0.3) is 0 Å². The Morgan fingerprint density at radius 2 is 1.71 bits per heavy atom. The Morgan fingerprint density at radius 3 is 2.42 bits per heavy atom. The van der Waals surface area contributed by atoms with Gasteiger partial charge in [0.15, 0.2) is 0 Å². The molecule has 0 aliphatic rings. The number of hydrogen-bond donors (Lipinski definition) is 1. The highest BCUT2D eigenvalue weighted by molar-refractivity contribution is 6.33. The van der Waals surface area contributed by atoms with Crippen LogP contribution in [0, 0.1) is 19.7 Å². The van der Waals surface area contributed by atoms with Crippen LogP contribution in [0.2, 0.25) is 5.02 Å². The highest BCUT2D eigenvalue weighted by Gasteiger charge is 2.15. The molecule has 0 fully saturated rings. The number of aryl methyl sites for hydroxylation is 2. The number of hydrogen-bond acceptors (Lipinski definition) is 4. The molecule has 31 heavy (non-hydrogen) atoms. The minimum Gasteiger partial charge on any atom is -0.312 e. The van der Waals surface area contributed by atoms with Gasteiger partial charge in [0.05, 0.1) is 16.4 Å². The fourth-order valence-electron chi connectivity index (χ4n) is 3.48. The topological polar surface area (TPSA) is 55.6 Å². The van der Waals surface area contributed by atoms with Crippen LogP contribution < -0.4 is 5.32 Å². The minimum atomic E-state index is -0.280. The molecular weight excluding hydrogens is 413 g/mol. The van der Waals surface area contributed by atoms with E-state index in [1.807, 2.05) is 50.4 Å². The molecule has 0 amide bonds. The maximum absolute atomic E-state index is 13.3. The van der Waals surface area contributed by atoms with Crippen LogP contribution in [0.25, 0.3) is 16.9 Å². The summed E-state index contributed by atoms with van der Waals surface area (Å²) in [5.41, 5.74) is 5.39. The van der Waals surface area contributed by atoms with E-state index in [1.54, 1.807) is 16.8 Å². The summed E-state index contributed by atoms with van der Waals surface area (Å²) in [6.07, 6.45) is 2.68. The Kier molecular flexibility index (Phi) is 6.39. The zero-order valence-corrected chi connectivity index (χ0v) is 18.2. The molecule has 4 rings (SSSR count). The summed E-state index contributed by atoms with van der Waals surface area (Å²) in [7, 11) is 0. The predicted octanol–water partition coefficient (Wildman–Crippen LogP) is 5.07. The Bertz CT molecular complexity index is 1170. The van der Waals surface area contributed by atoms with Crippen LogP contribution in [0.5, 0.6) is 0 Å². The molecule has 0 spiro atoms. The summed E-state index contributed by atoms with van der Waals surface area (Å²) in [6, 6.07) is 15.9. The summed E-state index contributed by atoms with van der Waals surface area (Å²) in [5.74, 6) is 0.552. The molecule has 2 aromatic heterocycles. The van der Waals surface area contributed by atoms with E-state index in [4.69, 9.17) is 16.7 Å². The van der Waals surface area contributed by atoms with Crippen molar-refractivity contribution in [2.24, 2.45) is 0 Å². The van der Waals surface area contributed by atoms with Gasteiger partial charge in [-0.05, 0) is 50.2 Å². The van der Waals surface area contributed by atoms with Crippen LogP contribution in [0.15, 0.2) is 60.8 Å². The first-order valence-electron chi connectivity index (χ1n) is 10.1. The third-order valence-corrected chi connectivity index (χ3v) is 5.21. The van der Waals surface area contributed by atoms with E-state index in [0.29, 0.717) is 11.6 Å². The van der Waals surface area contributed by atoms with Crippen LogP contribution in [-0.2, 0) is 13.0 Å². The lowest BCUT2D eigenvalue weighted by Crippen LogP contribution is -2.18. The monoisotopic (exact) mass is 435 g/mol. The molecule has 2 aromatic carbocycles. The van der Waals surface area contributed by atoms with E-state index < -0.39 is 0 Å². The second kappa shape index (κ2) is 9.37. The van der Waals surface area contributed by atoms with E-state index >= 15 is 0 Å². The molecule has 2 heterocycles. The average Bonchev–Trinajstić information content (AvgIpc) is 3.15. The summed E-state index contributed by atoms with van der Waals surface area (Å²) < 4.78 is 15.1. The number of aromatic nitrogens is 4. The van der Waals surface area contributed by atoms with Gasteiger partial charge >= 0.3 is 0 Å². The minimum absolute atomic E-state index is 0.280. The smallest absolute Gasteiger partial charge is 0.130 e. The van der Waals surface area contributed by atoms with Gasteiger partial charge in [0, 0.05) is 48.2 Å². The normalized spacial score (nSPS) is 11.1. The van der Waals surface area contributed by atoms with Crippen LogP contribution in [-0.4, -0.2) is 26.3 Å². The summed E-state index contributed by atoms with van der Waals surface area (Å²) in [5, 5.41) is 8.84. The highest BCUT2D eigenvalue weighted by Crippen LogP contribution is 2.30. The molecule has 0 bridgehead atoms. The van der Waals surface area contributed by atoms with Gasteiger partial charge in [-0.25, -0.2) is 19.0 Å². The molecule has 158 valence electrons. The van der Waals surface area contributed by atoms with E-state index in [2.05, 4.69) is 15.3 Å². The van der Waals surface area contributed by atoms with Gasteiger partial charge < -0.3 is 5.32 Å². The van der Waals surface area contributed by atoms with Crippen LogP contribution in [0.1, 0.15) is 22.8 Å². The lowest BCUT2D eigenvalue weighted by Gasteiger charge is -2.07. The fourth-order valence-corrected chi connectivity index (χ4v) is 3.70. The number of halogens is 2. The molecular formula is C24H23ClFN5. The van der Waals surface area contributed by atoms with Crippen LogP contribution in [0.4, 0.5) is 4.39 Å². The molecule has 0 saturated heterocycles. The maximum Gasteiger partial charge on any atom is 0.130 e. The number of nitrogens with one attached hydrogen (secondary N) is 1. The Labute approximate surface area is 185 Å². The first-order chi connectivity index (χ1) is 15.0. The van der Waals surface area contributed by atoms with Gasteiger partial charge in [-0.3, -0.25) is 0 Å². The summed E-state index contributed by atoms with van der Waals surface area (Å²) in [4.78, 5) is 8.98. The van der Waals surface area contributed by atoms with Crippen molar-refractivity contribution in [2.75, 3.05) is 6.54 Å². The predicted molar refractivity (Wildman–Crippen MR) is 121 cm³/mol. The first-order valence-corrected chi connectivity index (χ1v) is 10.5. The van der Waals surface area contributed by atoms with Gasteiger partial charge in [-0.2, -0.15) is 5.10 Å². The standard InChI is InChI=1S/C24H23ClFN5/c1-16-13-17(2)29-23(28-16)11-12-27-14-18-15-31(20-9-7-19(26)8-10-20)30-24(18)21-5-3-4-6-22(21)25/h3-10,13,15,27H,11-12,14H2,1-2H3. The van der Waals surface area contributed by atoms with Crippen molar-refractivity contribution in [1.82, 2.24) is 25.1 Å². The quantitative estimate of drug-likeness (QED) is 0.412. The third-order valence-electron chi connectivity index (χ3n) is 4.88. The largest absolute Gasteiger partial charge is 0.312 e. The number of benzene rings is 2. The molecule has 0 radical (unpaired) electrons. The number of nitrogens with zero attached hydrogens (tertiary/aromatic N) is 4. The lowest BCUT2D eigenvalue weighted by molar-refractivity contribution is 0.627. The first kappa shape index (κ1) is 21.2. The molecule has 0 atom stereocenters.